The Kier molecular flexibility index (Phi) is 5.14. The molecule has 0 amide bonds. The Labute approximate surface area is 81.1 Å². The number of rotatable bonds is 2. The molecule has 0 atom stereocenters. The van der Waals surface area contributed by atoms with E-state index in [1.165, 1.54) is 0 Å². The van der Waals surface area contributed by atoms with Gasteiger partial charge in [0.15, 0.2) is 3.79 Å². The number of hydrogen-bond donors (Lipinski definition) is 0. The Morgan fingerprint density at radius 3 is 2.20 bits per heavy atom. The van der Waals surface area contributed by atoms with Crippen molar-refractivity contribution in [2.75, 3.05) is 5.88 Å². The van der Waals surface area contributed by atoms with Crippen molar-refractivity contribution in [3.8, 4) is 0 Å². The fraction of sp³-hybridized carbons (Fsp3) is 0.667. The van der Waals surface area contributed by atoms with Gasteiger partial charge in [-0.15, -0.1) is 11.6 Å². The molecule has 0 rings (SSSR count). The lowest BCUT2D eigenvalue weighted by Gasteiger charge is -2.06. The molecule has 0 saturated heterocycles. The van der Waals surface area contributed by atoms with Gasteiger partial charge in [0.25, 0.3) is 0 Å². The van der Waals surface area contributed by atoms with Crippen molar-refractivity contribution < 1.29 is 0 Å². The first-order valence-corrected chi connectivity index (χ1v) is 4.41. The standard InChI is InChI=1S/C6H8Cl4/c1-5(4-7)2-3-6(8,9)10/h2H,3-4H2,1H3/b5-2+. The number of hydrogen-bond acceptors (Lipinski definition) is 0. The fourth-order valence-electron chi connectivity index (χ4n) is 0.345. The quantitative estimate of drug-likeness (QED) is 0.490. The first-order chi connectivity index (χ1) is 4.45. The van der Waals surface area contributed by atoms with Crippen LogP contribution in [0.3, 0.4) is 0 Å². The van der Waals surface area contributed by atoms with E-state index in [1.54, 1.807) is 0 Å². The zero-order valence-corrected chi connectivity index (χ0v) is 8.53. The summed E-state index contributed by atoms with van der Waals surface area (Å²) < 4.78 is -1.19. The molecule has 0 N–H and O–H groups in total. The van der Waals surface area contributed by atoms with Crippen LogP contribution in [-0.4, -0.2) is 9.67 Å². The maximum atomic E-state index is 5.48. The zero-order chi connectivity index (χ0) is 8.20. The molecule has 4 heteroatoms. The lowest BCUT2D eigenvalue weighted by Crippen LogP contribution is -1.99. The predicted octanol–water partition coefficient (Wildman–Crippen LogP) is 3.93. The highest BCUT2D eigenvalue weighted by molar-refractivity contribution is 6.67. The van der Waals surface area contributed by atoms with Gasteiger partial charge < -0.3 is 0 Å². The minimum Gasteiger partial charge on any atom is -0.122 e. The lowest BCUT2D eigenvalue weighted by molar-refractivity contribution is 1.05. The first-order valence-electron chi connectivity index (χ1n) is 2.74. The van der Waals surface area contributed by atoms with E-state index in [0.717, 1.165) is 5.57 Å². The number of allylic oxidation sites excluding steroid dienone is 2. The largest absolute Gasteiger partial charge is 0.194 e. The van der Waals surface area contributed by atoms with Gasteiger partial charge in [-0.05, 0) is 6.92 Å². The normalized spacial score (nSPS) is 13.9. The van der Waals surface area contributed by atoms with E-state index < -0.39 is 3.79 Å². The molecule has 0 radical (unpaired) electrons. The molecule has 0 bridgehead atoms. The van der Waals surface area contributed by atoms with Crippen LogP contribution in [0, 0.1) is 0 Å². The van der Waals surface area contributed by atoms with Crippen molar-refractivity contribution in [3.05, 3.63) is 11.6 Å². The van der Waals surface area contributed by atoms with Gasteiger partial charge in [0.2, 0.25) is 0 Å². The first kappa shape index (κ1) is 10.9. The van der Waals surface area contributed by atoms with Crippen molar-refractivity contribution in [2.24, 2.45) is 0 Å². The van der Waals surface area contributed by atoms with Crippen LogP contribution in [0.25, 0.3) is 0 Å². The molecule has 0 heterocycles. The third-order valence-corrected chi connectivity index (χ3v) is 1.78. The van der Waals surface area contributed by atoms with Crippen LogP contribution in [0.5, 0.6) is 0 Å². The summed E-state index contributed by atoms with van der Waals surface area (Å²) in [6.45, 7) is 1.89. The number of halogens is 4. The molecular formula is C6H8Cl4. The Morgan fingerprint density at radius 2 is 1.90 bits per heavy atom. The lowest BCUT2D eigenvalue weighted by atomic mass is 10.3. The molecule has 0 unspecified atom stereocenters. The van der Waals surface area contributed by atoms with Crippen LogP contribution in [-0.2, 0) is 0 Å². The van der Waals surface area contributed by atoms with Gasteiger partial charge >= 0.3 is 0 Å². The summed E-state index contributed by atoms with van der Waals surface area (Å²) in [5, 5.41) is 0. The maximum absolute atomic E-state index is 5.48. The highest BCUT2D eigenvalue weighted by Crippen LogP contribution is 2.30. The van der Waals surface area contributed by atoms with Crippen molar-refractivity contribution in [1.82, 2.24) is 0 Å². The summed E-state index contributed by atoms with van der Waals surface area (Å²) in [5.41, 5.74) is 1.02. The Balaban J connectivity index is 3.73. The summed E-state index contributed by atoms with van der Waals surface area (Å²) in [6, 6.07) is 0. The van der Waals surface area contributed by atoms with E-state index in [0.29, 0.717) is 12.3 Å². The second kappa shape index (κ2) is 4.71. The van der Waals surface area contributed by atoms with Crippen molar-refractivity contribution >= 4 is 46.4 Å². The zero-order valence-electron chi connectivity index (χ0n) is 5.50. The SMILES string of the molecule is C/C(=C\CC(Cl)(Cl)Cl)CCl. The van der Waals surface area contributed by atoms with E-state index in [9.17, 15) is 0 Å². The molecule has 60 valence electrons. The molecule has 0 aromatic rings. The van der Waals surface area contributed by atoms with Crippen LogP contribution >= 0.6 is 46.4 Å². The second-order valence-electron chi connectivity index (χ2n) is 2.00. The van der Waals surface area contributed by atoms with Crippen LogP contribution in [0.1, 0.15) is 13.3 Å². The minimum absolute atomic E-state index is 0.413. The van der Waals surface area contributed by atoms with Crippen molar-refractivity contribution in [2.45, 2.75) is 17.1 Å². The van der Waals surface area contributed by atoms with Crippen molar-refractivity contribution in [1.29, 1.82) is 0 Å². The van der Waals surface area contributed by atoms with Gasteiger partial charge in [-0.25, -0.2) is 0 Å². The number of alkyl halides is 4. The predicted molar refractivity (Wildman–Crippen MR) is 49.4 cm³/mol. The van der Waals surface area contributed by atoms with E-state index >= 15 is 0 Å². The fourth-order valence-corrected chi connectivity index (χ4v) is 0.685. The second-order valence-corrected chi connectivity index (χ2v) is 4.79. The monoisotopic (exact) mass is 220 g/mol. The minimum atomic E-state index is -1.19. The maximum Gasteiger partial charge on any atom is 0.194 e. The highest BCUT2D eigenvalue weighted by Gasteiger charge is 2.16. The molecule has 0 saturated carbocycles. The third kappa shape index (κ3) is 7.01. The van der Waals surface area contributed by atoms with E-state index in [-0.39, 0.29) is 0 Å². The van der Waals surface area contributed by atoms with Crippen LogP contribution in [0.15, 0.2) is 11.6 Å². The van der Waals surface area contributed by atoms with Gasteiger partial charge in [-0.2, -0.15) is 0 Å². The van der Waals surface area contributed by atoms with Gasteiger partial charge in [-0.3, -0.25) is 0 Å². The van der Waals surface area contributed by atoms with Gasteiger partial charge in [0.05, 0.1) is 0 Å². The molecule has 0 aliphatic heterocycles. The molecule has 0 aromatic heterocycles. The van der Waals surface area contributed by atoms with E-state index in [1.807, 2.05) is 13.0 Å². The van der Waals surface area contributed by atoms with Crippen molar-refractivity contribution in [3.63, 3.8) is 0 Å². The Bertz CT molecular complexity index is 122. The highest BCUT2D eigenvalue weighted by atomic mass is 35.6. The summed E-state index contributed by atoms with van der Waals surface area (Å²) in [7, 11) is 0. The summed E-state index contributed by atoms with van der Waals surface area (Å²) >= 11 is 21.9. The van der Waals surface area contributed by atoms with Gasteiger partial charge in [0.1, 0.15) is 0 Å². The summed E-state index contributed by atoms with van der Waals surface area (Å²) in [5.74, 6) is 0.487. The molecule has 0 fully saturated rings. The molecule has 0 aliphatic carbocycles. The van der Waals surface area contributed by atoms with Crippen LogP contribution in [0.2, 0.25) is 0 Å². The molecule has 0 aliphatic rings. The topological polar surface area (TPSA) is 0 Å². The van der Waals surface area contributed by atoms with Gasteiger partial charge in [-0.1, -0.05) is 46.5 Å². The molecule has 10 heavy (non-hydrogen) atoms. The van der Waals surface area contributed by atoms with Crippen LogP contribution in [0.4, 0.5) is 0 Å². The molecule has 0 aromatic carbocycles. The van der Waals surface area contributed by atoms with Crippen LogP contribution < -0.4 is 0 Å². The van der Waals surface area contributed by atoms with E-state index in [4.69, 9.17) is 46.4 Å². The Hall–Kier alpha value is 0.900. The van der Waals surface area contributed by atoms with E-state index in [2.05, 4.69) is 0 Å². The molecular weight excluding hydrogens is 214 g/mol. The average Bonchev–Trinajstić information content (AvgIpc) is 1.81. The smallest absolute Gasteiger partial charge is 0.122 e. The average molecular weight is 222 g/mol. The summed E-state index contributed by atoms with van der Waals surface area (Å²) in [4.78, 5) is 0. The molecule has 0 nitrogen and oxygen atoms in total. The summed E-state index contributed by atoms with van der Waals surface area (Å²) in [6.07, 6.45) is 2.23. The van der Waals surface area contributed by atoms with Gasteiger partial charge in [0, 0.05) is 12.3 Å². The molecule has 0 spiro atoms. The third-order valence-electron chi connectivity index (χ3n) is 0.893. The Morgan fingerprint density at radius 1 is 1.40 bits per heavy atom.